The van der Waals surface area contributed by atoms with Crippen molar-refractivity contribution >= 4 is 27.3 Å². The zero-order valence-corrected chi connectivity index (χ0v) is 14.3. The van der Waals surface area contributed by atoms with Crippen LogP contribution in [0.3, 0.4) is 0 Å². The molecule has 7 heteroatoms. The third kappa shape index (κ3) is 4.15. The Bertz CT molecular complexity index is 890. The summed E-state index contributed by atoms with van der Waals surface area (Å²) < 4.78 is 29.2. The Labute approximate surface area is 146 Å². The highest BCUT2D eigenvalue weighted by atomic mass is 35.5. The Kier molecular flexibility index (Phi) is 4.87. The van der Waals surface area contributed by atoms with Gasteiger partial charge in [-0.1, -0.05) is 23.7 Å². The number of sulfonamides is 1. The van der Waals surface area contributed by atoms with Gasteiger partial charge in [-0.2, -0.15) is 0 Å². The van der Waals surface area contributed by atoms with E-state index in [2.05, 4.69) is 9.71 Å². The van der Waals surface area contributed by atoms with Crippen LogP contribution >= 0.6 is 11.6 Å². The lowest BCUT2D eigenvalue weighted by molar-refractivity contribution is 0.601. The fourth-order valence-corrected chi connectivity index (χ4v) is 3.43. The Morgan fingerprint density at radius 3 is 2.38 bits per heavy atom. The summed E-state index contributed by atoms with van der Waals surface area (Å²) in [5.74, 6) is 0. The van der Waals surface area contributed by atoms with Gasteiger partial charge in [0.2, 0.25) is 0 Å². The zero-order valence-electron chi connectivity index (χ0n) is 12.8. The fraction of sp³-hybridized carbons (Fsp3) is 0.118. The normalized spacial score (nSPS) is 11.4. The minimum atomic E-state index is -3.61. The molecule has 0 bridgehead atoms. The number of rotatable bonds is 6. The van der Waals surface area contributed by atoms with Crippen LogP contribution in [0.25, 0.3) is 0 Å². The standard InChI is InChI=1S/C17H16ClN3O2S/c18-15-3-7-17(8-4-15)24(22,23)20-16-5-1-14(2-6-16)9-11-21-12-10-19-13-21/h1-8,10,12-13,20H,9,11H2. The molecule has 1 heterocycles. The van der Waals surface area contributed by atoms with E-state index in [9.17, 15) is 8.42 Å². The highest BCUT2D eigenvalue weighted by Crippen LogP contribution is 2.19. The first-order chi connectivity index (χ1) is 11.5. The van der Waals surface area contributed by atoms with Crippen LogP contribution < -0.4 is 4.72 Å². The molecule has 0 spiro atoms. The number of hydrogen-bond acceptors (Lipinski definition) is 3. The van der Waals surface area contributed by atoms with E-state index in [1.54, 1.807) is 36.8 Å². The van der Waals surface area contributed by atoms with Gasteiger partial charge in [0.05, 0.1) is 11.2 Å². The Morgan fingerprint density at radius 2 is 1.75 bits per heavy atom. The maximum atomic E-state index is 12.3. The number of aromatic nitrogens is 2. The van der Waals surface area contributed by atoms with Crippen LogP contribution in [0, 0.1) is 0 Å². The van der Waals surface area contributed by atoms with Gasteiger partial charge in [0.15, 0.2) is 0 Å². The summed E-state index contributed by atoms with van der Waals surface area (Å²) in [7, 11) is -3.61. The number of nitrogens with zero attached hydrogens (tertiary/aromatic N) is 2. The molecule has 0 aliphatic heterocycles. The molecular weight excluding hydrogens is 346 g/mol. The molecule has 0 saturated carbocycles. The molecule has 124 valence electrons. The molecule has 24 heavy (non-hydrogen) atoms. The first kappa shape index (κ1) is 16.5. The monoisotopic (exact) mass is 361 g/mol. The Morgan fingerprint density at radius 1 is 1.04 bits per heavy atom. The number of anilines is 1. The number of benzene rings is 2. The van der Waals surface area contributed by atoms with Crippen molar-refractivity contribution in [3.05, 3.63) is 77.8 Å². The zero-order chi connectivity index (χ0) is 17.0. The molecule has 0 radical (unpaired) electrons. The topological polar surface area (TPSA) is 64.0 Å². The maximum Gasteiger partial charge on any atom is 0.261 e. The molecule has 5 nitrogen and oxygen atoms in total. The molecule has 0 atom stereocenters. The lowest BCUT2D eigenvalue weighted by Crippen LogP contribution is -2.12. The molecule has 3 rings (SSSR count). The van der Waals surface area contributed by atoms with E-state index in [1.165, 1.54) is 12.1 Å². The quantitative estimate of drug-likeness (QED) is 0.729. The molecule has 1 aromatic heterocycles. The van der Waals surface area contributed by atoms with Crippen LogP contribution in [0.5, 0.6) is 0 Å². The molecule has 0 fully saturated rings. The van der Waals surface area contributed by atoms with Crippen molar-refractivity contribution in [2.24, 2.45) is 0 Å². The van der Waals surface area contributed by atoms with E-state index in [-0.39, 0.29) is 4.90 Å². The summed E-state index contributed by atoms with van der Waals surface area (Å²) in [5.41, 5.74) is 1.65. The minimum Gasteiger partial charge on any atom is -0.337 e. The molecule has 0 aliphatic rings. The fourth-order valence-electron chi connectivity index (χ4n) is 2.24. The second-order valence-corrected chi connectivity index (χ2v) is 7.43. The van der Waals surface area contributed by atoms with Crippen molar-refractivity contribution in [1.29, 1.82) is 0 Å². The molecule has 3 aromatic rings. The molecule has 1 N–H and O–H groups in total. The van der Waals surface area contributed by atoms with Crippen LogP contribution in [-0.4, -0.2) is 18.0 Å². The SMILES string of the molecule is O=S(=O)(Nc1ccc(CCn2ccnc2)cc1)c1ccc(Cl)cc1. The van der Waals surface area contributed by atoms with Gasteiger partial charge in [0.1, 0.15) is 0 Å². The molecule has 0 saturated heterocycles. The largest absolute Gasteiger partial charge is 0.337 e. The predicted octanol–water partition coefficient (Wildman–Crippen LogP) is 3.58. The van der Waals surface area contributed by atoms with Crippen LogP contribution in [0.1, 0.15) is 5.56 Å². The molecule has 0 unspecified atom stereocenters. The van der Waals surface area contributed by atoms with Gasteiger partial charge in [0, 0.05) is 29.6 Å². The van der Waals surface area contributed by atoms with Crippen LogP contribution in [0.2, 0.25) is 5.02 Å². The second kappa shape index (κ2) is 7.07. The first-order valence-corrected chi connectivity index (χ1v) is 9.22. The molecular formula is C17H16ClN3O2S. The smallest absolute Gasteiger partial charge is 0.261 e. The summed E-state index contributed by atoms with van der Waals surface area (Å²) in [5, 5.41) is 0.496. The number of imidazole rings is 1. The number of hydrogen-bond donors (Lipinski definition) is 1. The van der Waals surface area contributed by atoms with E-state index in [0.717, 1.165) is 18.5 Å². The van der Waals surface area contributed by atoms with E-state index in [4.69, 9.17) is 11.6 Å². The van der Waals surface area contributed by atoms with Crippen molar-refractivity contribution in [2.45, 2.75) is 17.9 Å². The molecule has 0 aliphatic carbocycles. The summed E-state index contributed by atoms with van der Waals surface area (Å²) in [6.07, 6.45) is 6.28. The van der Waals surface area contributed by atoms with E-state index in [0.29, 0.717) is 10.7 Å². The number of aryl methyl sites for hydroxylation is 2. The summed E-state index contributed by atoms with van der Waals surface area (Å²) in [6, 6.07) is 13.4. The Hall–Kier alpha value is -2.31. The van der Waals surface area contributed by atoms with E-state index >= 15 is 0 Å². The predicted molar refractivity (Wildman–Crippen MR) is 94.6 cm³/mol. The van der Waals surface area contributed by atoms with Crippen molar-refractivity contribution in [2.75, 3.05) is 4.72 Å². The van der Waals surface area contributed by atoms with E-state index < -0.39 is 10.0 Å². The molecule has 2 aromatic carbocycles. The van der Waals surface area contributed by atoms with Crippen molar-refractivity contribution < 1.29 is 8.42 Å². The average molecular weight is 362 g/mol. The summed E-state index contributed by atoms with van der Waals surface area (Å²) >= 11 is 5.79. The van der Waals surface area contributed by atoms with Crippen LogP contribution in [0.15, 0.2) is 72.1 Å². The van der Waals surface area contributed by atoms with Gasteiger partial charge < -0.3 is 4.57 Å². The van der Waals surface area contributed by atoms with Crippen molar-refractivity contribution in [3.63, 3.8) is 0 Å². The van der Waals surface area contributed by atoms with E-state index in [1.807, 2.05) is 22.9 Å². The molecule has 0 amide bonds. The van der Waals surface area contributed by atoms with Crippen LogP contribution in [0.4, 0.5) is 5.69 Å². The van der Waals surface area contributed by atoms with Crippen LogP contribution in [-0.2, 0) is 23.0 Å². The number of nitrogens with one attached hydrogen (secondary N) is 1. The maximum absolute atomic E-state index is 12.3. The van der Waals surface area contributed by atoms with Crippen molar-refractivity contribution in [3.8, 4) is 0 Å². The first-order valence-electron chi connectivity index (χ1n) is 7.36. The van der Waals surface area contributed by atoms with Gasteiger partial charge in [-0.3, -0.25) is 4.72 Å². The van der Waals surface area contributed by atoms with Crippen molar-refractivity contribution in [1.82, 2.24) is 9.55 Å². The minimum absolute atomic E-state index is 0.177. The summed E-state index contributed by atoms with van der Waals surface area (Å²) in [4.78, 5) is 4.18. The number of halogens is 1. The highest BCUT2D eigenvalue weighted by Gasteiger charge is 2.13. The lowest BCUT2D eigenvalue weighted by atomic mass is 10.1. The van der Waals surface area contributed by atoms with Gasteiger partial charge in [0.25, 0.3) is 10.0 Å². The van der Waals surface area contributed by atoms with Gasteiger partial charge in [-0.25, -0.2) is 13.4 Å². The van der Waals surface area contributed by atoms with Gasteiger partial charge >= 0.3 is 0 Å². The average Bonchev–Trinajstić information content (AvgIpc) is 3.08. The summed E-state index contributed by atoms with van der Waals surface area (Å²) in [6.45, 7) is 0.829. The Balaban J connectivity index is 1.66. The lowest BCUT2D eigenvalue weighted by Gasteiger charge is -2.09. The van der Waals surface area contributed by atoms with Gasteiger partial charge in [-0.05, 0) is 48.4 Å². The second-order valence-electron chi connectivity index (χ2n) is 5.31. The third-order valence-electron chi connectivity index (χ3n) is 3.55. The highest BCUT2D eigenvalue weighted by molar-refractivity contribution is 7.92. The third-order valence-corrected chi connectivity index (χ3v) is 5.20. The van der Waals surface area contributed by atoms with Gasteiger partial charge in [-0.15, -0.1) is 0 Å².